The van der Waals surface area contributed by atoms with Gasteiger partial charge in [0.25, 0.3) is 5.91 Å². The maximum atomic E-state index is 13.0. The van der Waals surface area contributed by atoms with Gasteiger partial charge in [0.2, 0.25) is 5.95 Å². The smallest absolute Gasteiger partial charge is 0.269 e. The highest BCUT2D eigenvalue weighted by Gasteiger charge is 2.25. The number of hydrogen-bond donors (Lipinski definition) is 1. The van der Waals surface area contributed by atoms with Gasteiger partial charge in [-0.3, -0.25) is 9.48 Å². The molecule has 4 rings (SSSR count). The molecule has 7 nitrogen and oxygen atoms in total. The summed E-state index contributed by atoms with van der Waals surface area (Å²) < 4.78 is 14.9. The predicted octanol–water partition coefficient (Wildman–Crippen LogP) is 1.74. The van der Waals surface area contributed by atoms with Gasteiger partial charge in [0.05, 0.1) is 18.8 Å². The van der Waals surface area contributed by atoms with Gasteiger partial charge in [0.1, 0.15) is 11.5 Å². The summed E-state index contributed by atoms with van der Waals surface area (Å²) in [5, 5.41) is 7.16. The summed E-state index contributed by atoms with van der Waals surface area (Å²) in [5.74, 6) is 0.0237. The van der Waals surface area contributed by atoms with E-state index >= 15 is 0 Å². The highest BCUT2D eigenvalue weighted by atomic mass is 19.1. The first-order valence-corrected chi connectivity index (χ1v) is 8.22. The maximum absolute atomic E-state index is 13.0. The number of amides is 1. The van der Waals surface area contributed by atoms with Crippen LogP contribution in [0, 0.1) is 5.82 Å². The molecule has 0 radical (unpaired) electrons. The number of nitrogens with one attached hydrogen (secondary N) is 1. The largest absolute Gasteiger partial charge is 0.354 e. The lowest BCUT2D eigenvalue weighted by Crippen LogP contribution is -2.23. The molecule has 1 N–H and O–H groups in total. The molecular weight excluding hydrogens is 335 g/mol. The van der Waals surface area contributed by atoms with E-state index in [1.807, 2.05) is 15.8 Å². The van der Waals surface area contributed by atoms with Crippen LogP contribution < -0.4 is 10.2 Å². The summed E-state index contributed by atoms with van der Waals surface area (Å²) in [6.45, 7) is 1.81. The number of nitrogens with zero attached hydrogens (tertiary/aromatic N) is 5. The molecule has 0 spiro atoms. The fraction of sp³-hybridized carbons (Fsp3) is 0.222. The van der Waals surface area contributed by atoms with Gasteiger partial charge < -0.3 is 10.2 Å². The van der Waals surface area contributed by atoms with Crippen LogP contribution in [-0.4, -0.2) is 32.7 Å². The Morgan fingerprint density at radius 1 is 1.23 bits per heavy atom. The summed E-state index contributed by atoms with van der Waals surface area (Å²) >= 11 is 0. The molecule has 0 unspecified atom stereocenters. The Kier molecular flexibility index (Phi) is 4.08. The third kappa shape index (κ3) is 3.13. The number of rotatable bonds is 4. The van der Waals surface area contributed by atoms with Crippen LogP contribution in [-0.2, 0) is 19.6 Å². The van der Waals surface area contributed by atoms with E-state index < -0.39 is 0 Å². The molecule has 1 amide bonds. The second kappa shape index (κ2) is 6.55. The van der Waals surface area contributed by atoms with Crippen molar-refractivity contribution >= 4 is 11.9 Å². The van der Waals surface area contributed by atoms with E-state index in [1.54, 1.807) is 31.4 Å². The van der Waals surface area contributed by atoms with E-state index in [4.69, 9.17) is 0 Å². The third-order valence-corrected chi connectivity index (χ3v) is 4.27. The molecule has 3 aromatic rings. The number of aromatic nitrogens is 4. The van der Waals surface area contributed by atoms with Crippen molar-refractivity contribution in [3.8, 4) is 0 Å². The average Bonchev–Trinajstić information content (AvgIpc) is 3.21. The quantitative estimate of drug-likeness (QED) is 0.774. The van der Waals surface area contributed by atoms with Crippen molar-refractivity contribution < 1.29 is 9.18 Å². The first kappa shape index (κ1) is 16.2. The van der Waals surface area contributed by atoms with Crippen LogP contribution in [0.1, 0.15) is 27.3 Å². The fourth-order valence-electron chi connectivity index (χ4n) is 2.96. The number of carbonyl (C=O) groups is 1. The number of benzene rings is 1. The average molecular weight is 352 g/mol. The zero-order valence-electron chi connectivity index (χ0n) is 14.2. The molecule has 0 saturated carbocycles. The molecule has 0 bridgehead atoms. The molecule has 26 heavy (non-hydrogen) atoms. The van der Waals surface area contributed by atoms with Crippen molar-refractivity contribution in [3.05, 3.63) is 71.1 Å². The number of carbonyl (C=O) groups excluding carboxylic acids is 1. The summed E-state index contributed by atoms with van der Waals surface area (Å²) in [4.78, 5) is 22.3. The van der Waals surface area contributed by atoms with Gasteiger partial charge in [-0.05, 0) is 23.8 Å². The summed E-state index contributed by atoms with van der Waals surface area (Å²) in [5.41, 5.74) is 3.39. The Morgan fingerprint density at radius 2 is 2.04 bits per heavy atom. The van der Waals surface area contributed by atoms with E-state index in [9.17, 15) is 9.18 Å². The van der Waals surface area contributed by atoms with E-state index in [0.29, 0.717) is 31.3 Å². The highest BCUT2D eigenvalue weighted by molar-refractivity contribution is 5.92. The lowest BCUT2D eigenvalue weighted by molar-refractivity contribution is 0.0958. The minimum Gasteiger partial charge on any atom is -0.354 e. The van der Waals surface area contributed by atoms with Crippen molar-refractivity contribution in [2.45, 2.75) is 19.6 Å². The molecular formula is C18H17FN6O. The van der Waals surface area contributed by atoms with Gasteiger partial charge in [-0.1, -0.05) is 12.1 Å². The standard InChI is InChI=1S/C18H17FN6O/c1-20-17(26)15-6-7-21-18(22-15)24-9-13-10-25(23-16(13)11-24)8-12-2-4-14(19)5-3-12/h2-7,10H,8-9,11H2,1H3,(H,20,26). The summed E-state index contributed by atoms with van der Waals surface area (Å²) in [7, 11) is 1.57. The second-order valence-corrected chi connectivity index (χ2v) is 6.10. The Bertz CT molecular complexity index is 929. The second-order valence-electron chi connectivity index (χ2n) is 6.10. The van der Waals surface area contributed by atoms with Crippen molar-refractivity contribution in [1.82, 2.24) is 25.1 Å². The van der Waals surface area contributed by atoms with Gasteiger partial charge in [-0.2, -0.15) is 5.10 Å². The summed E-state index contributed by atoms with van der Waals surface area (Å²) in [6, 6.07) is 8.00. The molecule has 8 heteroatoms. The first-order chi connectivity index (χ1) is 12.6. The van der Waals surface area contributed by atoms with E-state index in [0.717, 1.165) is 16.8 Å². The Hall–Kier alpha value is -3.29. The minimum atomic E-state index is -0.244. The third-order valence-electron chi connectivity index (χ3n) is 4.27. The number of fused-ring (bicyclic) bond motifs is 1. The molecule has 2 aromatic heterocycles. The molecule has 0 aliphatic carbocycles. The van der Waals surface area contributed by atoms with Crippen LogP contribution in [0.25, 0.3) is 0 Å². The van der Waals surface area contributed by atoms with Crippen LogP contribution in [0.4, 0.5) is 10.3 Å². The zero-order valence-corrected chi connectivity index (χ0v) is 14.2. The molecule has 0 atom stereocenters. The van der Waals surface area contributed by atoms with E-state index in [1.165, 1.54) is 12.1 Å². The van der Waals surface area contributed by atoms with Crippen molar-refractivity contribution in [3.63, 3.8) is 0 Å². The molecule has 0 fully saturated rings. The van der Waals surface area contributed by atoms with Crippen molar-refractivity contribution in [1.29, 1.82) is 0 Å². The number of halogens is 1. The lowest BCUT2D eigenvalue weighted by atomic mass is 10.2. The van der Waals surface area contributed by atoms with Crippen LogP contribution >= 0.6 is 0 Å². The van der Waals surface area contributed by atoms with Crippen molar-refractivity contribution in [2.24, 2.45) is 0 Å². The molecule has 132 valence electrons. The van der Waals surface area contributed by atoms with Gasteiger partial charge in [-0.25, -0.2) is 14.4 Å². The van der Waals surface area contributed by atoms with Crippen LogP contribution in [0.5, 0.6) is 0 Å². The van der Waals surface area contributed by atoms with Crippen LogP contribution in [0.2, 0.25) is 0 Å². The zero-order chi connectivity index (χ0) is 18.1. The van der Waals surface area contributed by atoms with Crippen molar-refractivity contribution in [2.75, 3.05) is 11.9 Å². The molecule has 0 saturated heterocycles. The van der Waals surface area contributed by atoms with Crippen LogP contribution in [0.15, 0.2) is 42.7 Å². The lowest BCUT2D eigenvalue weighted by Gasteiger charge is -2.15. The Labute approximate surface area is 149 Å². The highest BCUT2D eigenvalue weighted by Crippen LogP contribution is 2.25. The normalized spacial score (nSPS) is 12.9. The van der Waals surface area contributed by atoms with Gasteiger partial charge in [-0.15, -0.1) is 0 Å². The minimum absolute atomic E-state index is 0.241. The van der Waals surface area contributed by atoms with Gasteiger partial charge in [0.15, 0.2) is 0 Å². The predicted molar refractivity (Wildman–Crippen MR) is 93.0 cm³/mol. The van der Waals surface area contributed by atoms with Gasteiger partial charge in [0, 0.05) is 31.5 Å². The first-order valence-electron chi connectivity index (χ1n) is 8.22. The monoisotopic (exact) mass is 352 g/mol. The SMILES string of the molecule is CNC(=O)c1ccnc(N2Cc3cn(Cc4ccc(F)cc4)nc3C2)n1. The van der Waals surface area contributed by atoms with Crippen LogP contribution in [0.3, 0.4) is 0 Å². The number of hydrogen-bond acceptors (Lipinski definition) is 5. The molecule has 1 aromatic carbocycles. The van der Waals surface area contributed by atoms with E-state index in [-0.39, 0.29) is 11.7 Å². The fourth-order valence-corrected chi connectivity index (χ4v) is 2.96. The Morgan fingerprint density at radius 3 is 2.77 bits per heavy atom. The van der Waals surface area contributed by atoms with Gasteiger partial charge >= 0.3 is 0 Å². The summed E-state index contributed by atoms with van der Waals surface area (Å²) in [6.07, 6.45) is 3.57. The topological polar surface area (TPSA) is 75.9 Å². The number of anilines is 1. The molecule has 1 aliphatic heterocycles. The maximum Gasteiger partial charge on any atom is 0.269 e. The Balaban J connectivity index is 1.48. The molecule has 1 aliphatic rings. The van der Waals surface area contributed by atoms with E-state index in [2.05, 4.69) is 20.4 Å². The molecule has 3 heterocycles.